The molecule has 0 aromatic heterocycles. The first-order valence-corrected chi connectivity index (χ1v) is 14.0. The van der Waals surface area contributed by atoms with Gasteiger partial charge in [0.05, 0.1) is 5.92 Å². The third-order valence-electron chi connectivity index (χ3n) is 9.84. The van der Waals surface area contributed by atoms with Gasteiger partial charge in [-0.25, -0.2) is 0 Å². The van der Waals surface area contributed by atoms with Crippen LogP contribution in [0, 0.1) is 18.8 Å². The molecule has 3 aliphatic heterocycles. The highest BCUT2D eigenvalue weighted by atomic mass is 16.2. The number of fused-ring (bicyclic) bond motifs is 2. The minimum absolute atomic E-state index is 0.00946. The van der Waals surface area contributed by atoms with E-state index in [1.807, 2.05) is 0 Å². The van der Waals surface area contributed by atoms with Crippen LogP contribution in [0.2, 0.25) is 0 Å². The van der Waals surface area contributed by atoms with Gasteiger partial charge < -0.3 is 15.5 Å². The van der Waals surface area contributed by atoms with Crippen LogP contribution in [0.15, 0.2) is 48.5 Å². The zero-order chi connectivity index (χ0) is 23.8. The minimum Gasteiger partial charge on any atom is -0.339 e. The molecule has 2 aromatic carbocycles. The molecule has 2 saturated heterocycles. The molecule has 4 atom stereocenters. The molecular formula is C31H41N3O. The Kier molecular flexibility index (Phi) is 6.45. The van der Waals surface area contributed by atoms with Gasteiger partial charge >= 0.3 is 0 Å². The van der Waals surface area contributed by atoms with Crippen molar-refractivity contribution in [1.82, 2.24) is 15.5 Å². The van der Waals surface area contributed by atoms with E-state index in [2.05, 4.69) is 71.0 Å². The lowest BCUT2D eigenvalue weighted by atomic mass is 9.67. The molecule has 1 aliphatic carbocycles. The Morgan fingerprint density at radius 1 is 0.943 bits per heavy atom. The highest BCUT2D eigenvalue weighted by molar-refractivity contribution is 5.82. The molecule has 4 nitrogen and oxygen atoms in total. The average Bonchev–Trinajstić information content (AvgIpc) is 3.33. The molecule has 35 heavy (non-hydrogen) atoms. The molecule has 1 amide bonds. The number of nitrogens with zero attached hydrogens (tertiary/aromatic N) is 1. The van der Waals surface area contributed by atoms with Gasteiger partial charge in [0.15, 0.2) is 0 Å². The number of benzene rings is 2. The van der Waals surface area contributed by atoms with E-state index in [1.165, 1.54) is 54.4 Å². The second kappa shape index (κ2) is 9.71. The summed E-state index contributed by atoms with van der Waals surface area (Å²) >= 11 is 0. The Morgan fingerprint density at radius 2 is 1.74 bits per heavy atom. The largest absolute Gasteiger partial charge is 0.339 e. The zero-order valence-electron chi connectivity index (χ0n) is 21.3. The number of nitrogens with one attached hydrogen (secondary N) is 2. The molecule has 2 aromatic rings. The van der Waals surface area contributed by atoms with Crippen molar-refractivity contribution >= 4 is 5.91 Å². The maximum absolute atomic E-state index is 14.5. The summed E-state index contributed by atoms with van der Waals surface area (Å²) in [5, 5.41) is 7.35. The molecule has 2 N–H and O–H groups in total. The molecule has 186 valence electrons. The van der Waals surface area contributed by atoms with Gasteiger partial charge in [-0.05, 0) is 66.7 Å². The van der Waals surface area contributed by atoms with E-state index in [0.29, 0.717) is 23.8 Å². The lowest BCUT2D eigenvalue weighted by Crippen LogP contribution is -2.57. The fourth-order valence-electron chi connectivity index (χ4n) is 7.92. The number of hydrogen-bond donors (Lipinski definition) is 2. The molecule has 0 bridgehead atoms. The van der Waals surface area contributed by atoms with Crippen LogP contribution in [0.3, 0.4) is 0 Å². The summed E-state index contributed by atoms with van der Waals surface area (Å²) < 4.78 is 0. The SMILES string of the molecule is Cc1cccc2c1CNC[C@]21CNCC1C(=O)N1CC[C@@H](c2ccccc2)C[C@H]1C1CCCCC1. The number of hydrogen-bond acceptors (Lipinski definition) is 3. The van der Waals surface area contributed by atoms with Crippen LogP contribution in [0.25, 0.3) is 0 Å². The van der Waals surface area contributed by atoms with E-state index in [0.717, 1.165) is 45.6 Å². The summed E-state index contributed by atoms with van der Waals surface area (Å²) in [6.07, 6.45) is 8.79. The molecule has 3 heterocycles. The van der Waals surface area contributed by atoms with E-state index in [1.54, 1.807) is 0 Å². The predicted octanol–water partition coefficient (Wildman–Crippen LogP) is 4.91. The molecule has 1 saturated carbocycles. The fourth-order valence-corrected chi connectivity index (χ4v) is 7.92. The summed E-state index contributed by atoms with van der Waals surface area (Å²) in [7, 11) is 0. The summed E-state index contributed by atoms with van der Waals surface area (Å²) in [6.45, 7) is 6.61. The molecule has 1 spiro atoms. The lowest BCUT2D eigenvalue weighted by Gasteiger charge is -2.48. The van der Waals surface area contributed by atoms with Gasteiger partial charge in [-0.15, -0.1) is 0 Å². The first-order chi connectivity index (χ1) is 17.2. The quantitative estimate of drug-likeness (QED) is 0.669. The summed E-state index contributed by atoms with van der Waals surface area (Å²) in [4.78, 5) is 16.9. The van der Waals surface area contributed by atoms with Gasteiger partial charge in [0, 0.05) is 44.2 Å². The normalized spacial score (nSPS) is 31.5. The van der Waals surface area contributed by atoms with E-state index >= 15 is 0 Å². The molecule has 4 heteroatoms. The van der Waals surface area contributed by atoms with Crippen LogP contribution in [-0.4, -0.2) is 43.0 Å². The number of piperidine rings is 1. The Morgan fingerprint density at radius 3 is 2.57 bits per heavy atom. The Bertz CT molecular complexity index is 1050. The highest BCUT2D eigenvalue weighted by Crippen LogP contribution is 2.44. The minimum atomic E-state index is -0.135. The van der Waals surface area contributed by atoms with Crippen molar-refractivity contribution in [2.24, 2.45) is 11.8 Å². The molecule has 3 fully saturated rings. The molecule has 6 rings (SSSR count). The van der Waals surface area contributed by atoms with Crippen LogP contribution in [-0.2, 0) is 16.8 Å². The number of rotatable bonds is 3. The third-order valence-corrected chi connectivity index (χ3v) is 9.84. The van der Waals surface area contributed by atoms with Gasteiger partial charge in [0.2, 0.25) is 5.91 Å². The number of aryl methyl sites for hydroxylation is 1. The predicted molar refractivity (Wildman–Crippen MR) is 141 cm³/mol. The summed E-state index contributed by atoms with van der Waals surface area (Å²) in [6, 6.07) is 18.1. The van der Waals surface area contributed by atoms with Crippen molar-refractivity contribution < 1.29 is 4.79 Å². The molecular weight excluding hydrogens is 430 g/mol. The van der Waals surface area contributed by atoms with Crippen molar-refractivity contribution in [2.75, 3.05) is 26.2 Å². The van der Waals surface area contributed by atoms with Gasteiger partial charge in [0.25, 0.3) is 0 Å². The van der Waals surface area contributed by atoms with Crippen molar-refractivity contribution in [3.8, 4) is 0 Å². The van der Waals surface area contributed by atoms with E-state index in [-0.39, 0.29) is 11.3 Å². The van der Waals surface area contributed by atoms with E-state index < -0.39 is 0 Å². The fraction of sp³-hybridized carbons (Fsp3) is 0.581. The highest BCUT2D eigenvalue weighted by Gasteiger charge is 2.52. The number of carbonyl (C=O) groups is 1. The Hall–Kier alpha value is -2.17. The number of amides is 1. The average molecular weight is 472 g/mol. The Labute approximate surface area is 210 Å². The smallest absolute Gasteiger partial charge is 0.228 e. The second-order valence-corrected chi connectivity index (χ2v) is 11.7. The third kappa shape index (κ3) is 4.13. The molecule has 4 aliphatic rings. The van der Waals surface area contributed by atoms with E-state index in [4.69, 9.17) is 0 Å². The van der Waals surface area contributed by atoms with Crippen LogP contribution in [0.4, 0.5) is 0 Å². The maximum atomic E-state index is 14.5. The van der Waals surface area contributed by atoms with Crippen molar-refractivity contribution in [3.05, 3.63) is 70.8 Å². The lowest BCUT2D eigenvalue weighted by molar-refractivity contribution is -0.142. The zero-order valence-corrected chi connectivity index (χ0v) is 21.3. The van der Waals surface area contributed by atoms with Crippen molar-refractivity contribution in [3.63, 3.8) is 0 Å². The standard InChI is InChI=1S/C31H41N3O/c1-22-9-8-14-27-26(22)18-32-20-31(27)21-33-19-28(31)30(35)34-16-15-25(23-10-4-2-5-11-23)17-29(34)24-12-6-3-7-13-24/h2,4-5,8-11,14,24-25,28-29,32-33H,3,6-7,12-13,15-21H2,1H3/t25-,28?,29+,31+/m1/s1. The van der Waals surface area contributed by atoms with Gasteiger partial charge in [-0.3, -0.25) is 4.79 Å². The topological polar surface area (TPSA) is 44.4 Å². The van der Waals surface area contributed by atoms with Crippen LogP contribution in [0.1, 0.15) is 73.1 Å². The Balaban J connectivity index is 1.31. The number of likely N-dealkylation sites (tertiary alicyclic amines) is 1. The monoisotopic (exact) mass is 471 g/mol. The molecule has 1 unspecified atom stereocenters. The van der Waals surface area contributed by atoms with Crippen LogP contribution >= 0.6 is 0 Å². The maximum Gasteiger partial charge on any atom is 0.228 e. The van der Waals surface area contributed by atoms with Gasteiger partial charge in [-0.1, -0.05) is 67.8 Å². The van der Waals surface area contributed by atoms with Crippen LogP contribution < -0.4 is 10.6 Å². The number of carbonyl (C=O) groups excluding carboxylic acids is 1. The summed E-state index contributed by atoms with van der Waals surface area (Å²) in [5.41, 5.74) is 5.49. The first-order valence-electron chi connectivity index (χ1n) is 14.0. The van der Waals surface area contributed by atoms with Gasteiger partial charge in [-0.2, -0.15) is 0 Å². The summed E-state index contributed by atoms with van der Waals surface area (Å²) in [5.74, 6) is 1.65. The van der Waals surface area contributed by atoms with Gasteiger partial charge in [0.1, 0.15) is 0 Å². The van der Waals surface area contributed by atoms with E-state index in [9.17, 15) is 4.79 Å². The van der Waals surface area contributed by atoms with Crippen molar-refractivity contribution in [2.45, 2.75) is 75.8 Å². The second-order valence-electron chi connectivity index (χ2n) is 11.7. The van der Waals surface area contributed by atoms with Crippen LogP contribution in [0.5, 0.6) is 0 Å². The molecule has 0 radical (unpaired) electrons. The first kappa shape index (κ1) is 23.2. The van der Waals surface area contributed by atoms with Crippen molar-refractivity contribution in [1.29, 1.82) is 0 Å².